The number of carbonyl (C=O) groups is 1. The zero-order valence-corrected chi connectivity index (χ0v) is 9.99. The molecule has 1 aromatic rings. The molecular weight excluding hydrogens is 218 g/mol. The number of hydroxylamine groups is 1. The van der Waals surface area contributed by atoms with Crippen LogP contribution >= 0.6 is 0 Å². The predicted octanol–water partition coefficient (Wildman–Crippen LogP) is 1.62. The zero-order valence-electron chi connectivity index (χ0n) is 9.99. The number of aryl methyl sites for hydroxylation is 2. The maximum Gasteiger partial charge on any atom is 0.281 e. The predicted molar refractivity (Wildman–Crippen MR) is 63.7 cm³/mol. The zero-order chi connectivity index (χ0) is 12.1. The summed E-state index contributed by atoms with van der Waals surface area (Å²) in [7, 11) is 0. The molecule has 0 aromatic heterocycles. The number of rotatable bonds is 5. The van der Waals surface area contributed by atoms with Crippen molar-refractivity contribution in [1.82, 2.24) is 5.48 Å². The quantitative estimate of drug-likeness (QED) is 0.789. The molecule has 0 fully saturated rings. The van der Waals surface area contributed by atoms with Crippen LogP contribution in [0.25, 0.3) is 0 Å². The number of amides is 1. The van der Waals surface area contributed by atoms with Crippen LogP contribution in [0.1, 0.15) is 24.5 Å². The molecular formula is C13H17NO3. The Balaban J connectivity index is 1.85. The summed E-state index contributed by atoms with van der Waals surface area (Å²) in [6.07, 6.45) is 3.47. The summed E-state index contributed by atoms with van der Waals surface area (Å²) in [6.45, 7) is 2.24. The van der Waals surface area contributed by atoms with Crippen molar-refractivity contribution in [3.05, 3.63) is 29.3 Å². The lowest BCUT2D eigenvalue weighted by Crippen LogP contribution is -2.28. The van der Waals surface area contributed by atoms with Gasteiger partial charge in [-0.1, -0.05) is 6.07 Å². The van der Waals surface area contributed by atoms with Gasteiger partial charge in [0.25, 0.3) is 5.91 Å². The maximum absolute atomic E-state index is 11.2. The van der Waals surface area contributed by atoms with Crippen molar-refractivity contribution in [2.75, 3.05) is 13.2 Å². The van der Waals surface area contributed by atoms with Gasteiger partial charge >= 0.3 is 0 Å². The summed E-state index contributed by atoms with van der Waals surface area (Å²) >= 11 is 0. The normalized spacial score (nSPS) is 13.2. The molecule has 92 valence electrons. The molecule has 0 radical (unpaired) electrons. The van der Waals surface area contributed by atoms with Gasteiger partial charge in [-0.3, -0.25) is 9.63 Å². The summed E-state index contributed by atoms with van der Waals surface area (Å²) in [5, 5.41) is 0. The summed E-state index contributed by atoms with van der Waals surface area (Å²) in [6, 6.07) is 6.02. The van der Waals surface area contributed by atoms with Crippen LogP contribution in [0.3, 0.4) is 0 Å². The number of benzene rings is 1. The van der Waals surface area contributed by atoms with E-state index in [1.165, 1.54) is 17.5 Å². The molecule has 4 heteroatoms. The molecule has 1 aliphatic rings. The standard InChI is InChI=1S/C13H17NO3/c1-2-17-14-13(15)9-16-12-7-6-10-4-3-5-11(10)8-12/h6-8H,2-5,9H2,1H3,(H,14,15). The minimum atomic E-state index is -0.271. The topological polar surface area (TPSA) is 47.6 Å². The van der Waals surface area contributed by atoms with Gasteiger partial charge in [0.2, 0.25) is 0 Å². The monoisotopic (exact) mass is 235 g/mol. The molecule has 0 atom stereocenters. The van der Waals surface area contributed by atoms with Gasteiger partial charge in [-0.2, -0.15) is 0 Å². The van der Waals surface area contributed by atoms with Crippen LogP contribution in [-0.2, 0) is 22.5 Å². The van der Waals surface area contributed by atoms with Gasteiger partial charge in [-0.05, 0) is 49.4 Å². The third-order valence-corrected chi connectivity index (χ3v) is 2.77. The van der Waals surface area contributed by atoms with E-state index in [-0.39, 0.29) is 12.5 Å². The largest absolute Gasteiger partial charge is 0.484 e. The molecule has 1 N–H and O–H groups in total. The van der Waals surface area contributed by atoms with Crippen LogP contribution in [0, 0.1) is 0 Å². The van der Waals surface area contributed by atoms with Gasteiger partial charge in [0.1, 0.15) is 5.75 Å². The number of hydrogen-bond donors (Lipinski definition) is 1. The second kappa shape index (κ2) is 5.68. The van der Waals surface area contributed by atoms with Crippen LogP contribution in [0.5, 0.6) is 5.75 Å². The Morgan fingerprint density at radius 3 is 3.00 bits per heavy atom. The van der Waals surface area contributed by atoms with Gasteiger partial charge in [-0.25, -0.2) is 5.48 Å². The minimum absolute atomic E-state index is 0.0151. The van der Waals surface area contributed by atoms with Crippen molar-refractivity contribution in [2.24, 2.45) is 0 Å². The van der Waals surface area contributed by atoms with Gasteiger partial charge in [0.15, 0.2) is 6.61 Å². The molecule has 2 rings (SSSR count). The maximum atomic E-state index is 11.2. The molecule has 1 aromatic carbocycles. The van der Waals surface area contributed by atoms with Crippen molar-refractivity contribution in [2.45, 2.75) is 26.2 Å². The highest BCUT2D eigenvalue weighted by Gasteiger charge is 2.11. The van der Waals surface area contributed by atoms with E-state index >= 15 is 0 Å². The van der Waals surface area contributed by atoms with Crippen molar-refractivity contribution in [3.8, 4) is 5.75 Å². The highest BCUT2D eigenvalue weighted by Crippen LogP contribution is 2.25. The van der Waals surface area contributed by atoms with E-state index in [1.54, 1.807) is 0 Å². The van der Waals surface area contributed by atoms with Crippen LogP contribution in [0.4, 0.5) is 0 Å². The van der Waals surface area contributed by atoms with E-state index in [1.807, 2.05) is 19.1 Å². The van der Waals surface area contributed by atoms with Gasteiger partial charge in [0, 0.05) is 0 Å². The van der Waals surface area contributed by atoms with E-state index in [2.05, 4.69) is 11.5 Å². The molecule has 0 saturated heterocycles. The fourth-order valence-corrected chi connectivity index (χ4v) is 1.97. The first-order valence-electron chi connectivity index (χ1n) is 5.95. The summed E-state index contributed by atoms with van der Waals surface area (Å²) in [5.74, 6) is 0.477. The molecule has 0 spiro atoms. The average molecular weight is 235 g/mol. The Kier molecular flexibility index (Phi) is 3.98. The summed E-state index contributed by atoms with van der Waals surface area (Å²) < 4.78 is 5.40. The second-order valence-electron chi connectivity index (χ2n) is 4.03. The number of ether oxygens (including phenoxy) is 1. The number of carbonyl (C=O) groups excluding carboxylic acids is 1. The third kappa shape index (κ3) is 3.20. The molecule has 0 bridgehead atoms. The molecule has 0 saturated carbocycles. The van der Waals surface area contributed by atoms with Crippen molar-refractivity contribution < 1.29 is 14.4 Å². The van der Waals surface area contributed by atoms with E-state index < -0.39 is 0 Å². The Bertz CT molecular complexity index is 404. The third-order valence-electron chi connectivity index (χ3n) is 2.77. The first-order chi connectivity index (χ1) is 8.29. The lowest BCUT2D eigenvalue weighted by atomic mass is 10.1. The second-order valence-corrected chi connectivity index (χ2v) is 4.03. The Labute approximate surface area is 101 Å². The SMILES string of the molecule is CCONC(=O)COc1ccc2c(c1)CCC2. The lowest BCUT2D eigenvalue weighted by molar-refractivity contribution is -0.135. The number of nitrogens with one attached hydrogen (secondary N) is 1. The van der Waals surface area contributed by atoms with Crippen molar-refractivity contribution in [1.29, 1.82) is 0 Å². The summed E-state index contributed by atoms with van der Waals surface area (Å²) in [5.41, 5.74) is 5.03. The minimum Gasteiger partial charge on any atom is -0.484 e. The molecule has 0 unspecified atom stereocenters. The van der Waals surface area contributed by atoms with Crippen LogP contribution < -0.4 is 10.2 Å². The smallest absolute Gasteiger partial charge is 0.281 e. The van der Waals surface area contributed by atoms with Crippen LogP contribution in [0.2, 0.25) is 0 Å². The molecule has 0 heterocycles. The fraction of sp³-hybridized carbons (Fsp3) is 0.462. The van der Waals surface area contributed by atoms with Crippen LogP contribution in [0.15, 0.2) is 18.2 Å². The van der Waals surface area contributed by atoms with E-state index in [9.17, 15) is 4.79 Å². The molecule has 4 nitrogen and oxygen atoms in total. The van der Waals surface area contributed by atoms with Crippen LogP contribution in [-0.4, -0.2) is 19.1 Å². The number of hydrogen-bond acceptors (Lipinski definition) is 3. The average Bonchev–Trinajstić information content (AvgIpc) is 2.81. The van der Waals surface area contributed by atoms with Gasteiger partial charge in [0.05, 0.1) is 6.61 Å². The van der Waals surface area contributed by atoms with Crippen molar-refractivity contribution in [3.63, 3.8) is 0 Å². The highest BCUT2D eigenvalue weighted by molar-refractivity contribution is 5.76. The Morgan fingerprint density at radius 1 is 1.35 bits per heavy atom. The Hall–Kier alpha value is -1.55. The van der Waals surface area contributed by atoms with Gasteiger partial charge < -0.3 is 4.74 Å². The van der Waals surface area contributed by atoms with E-state index in [0.717, 1.165) is 18.6 Å². The summed E-state index contributed by atoms with van der Waals surface area (Å²) in [4.78, 5) is 16.0. The molecule has 1 aliphatic carbocycles. The fourth-order valence-electron chi connectivity index (χ4n) is 1.97. The number of fused-ring (bicyclic) bond motifs is 1. The lowest BCUT2D eigenvalue weighted by Gasteiger charge is -2.08. The molecule has 0 aliphatic heterocycles. The highest BCUT2D eigenvalue weighted by atomic mass is 16.7. The first kappa shape index (κ1) is 11.9. The first-order valence-corrected chi connectivity index (χ1v) is 5.95. The molecule has 17 heavy (non-hydrogen) atoms. The van der Waals surface area contributed by atoms with Gasteiger partial charge in [-0.15, -0.1) is 0 Å². The Morgan fingerprint density at radius 2 is 2.18 bits per heavy atom. The van der Waals surface area contributed by atoms with Crippen molar-refractivity contribution >= 4 is 5.91 Å². The molecule has 1 amide bonds. The van der Waals surface area contributed by atoms with E-state index in [4.69, 9.17) is 9.57 Å². The van der Waals surface area contributed by atoms with E-state index in [0.29, 0.717) is 6.61 Å².